The molecule has 2 aliphatic rings. The SMILES string of the molecule is c1ccc(N2CCCC2)c(CC2CCCNC2)c1. The number of hydrogen-bond donors (Lipinski definition) is 1. The topological polar surface area (TPSA) is 15.3 Å². The van der Waals surface area contributed by atoms with Gasteiger partial charge in [-0.15, -0.1) is 0 Å². The number of benzene rings is 1. The Labute approximate surface area is 110 Å². The second-order valence-corrected chi connectivity index (χ2v) is 5.74. The summed E-state index contributed by atoms with van der Waals surface area (Å²) in [5.74, 6) is 0.836. The molecule has 1 unspecified atom stereocenters. The van der Waals surface area contributed by atoms with E-state index in [4.69, 9.17) is 0 Å². The molecule has 2 nitrogen and oxygen atoms in total. The van der Waals surface area contributed by atoms with Crippen LogP contribution in [0, 0.1) is 5.92 Å². The summed E-state index contributed by atoms with van der Waals surface area (Å²) in [6.07, 6.45) is 6.70. The largest absolute Gasteiger partial charge is 0.371 e. The van der Waals surface area contributed by atoms with Crippen LogP contribution >= 0.6 is 0 Å². The Morgan fingerprint density at radius 2 is 1.94 bits per heavy atom. The highest BCUT2D eigenvalue weighted by molar-refractivity contribution is 5.54. The summed E-state index contributed by atoms with van der Waals surface area (Å²) in [7, 11) is 0. The van der Waals surface area contributed by atoms with E-state index >= 15 is 0 Å². The van der Waals surface area contributed by atoms with Crippen LogP contribution in [-0.4, -0.2) is 26.2 Å². The molecule has 18 heavy (non-hydrogen) atoms. The van der Waals surface area contributed by atoms with Crippen molar-refractivity contribution in [2.24, 2.45) is 5.92 Å². The summed E-state index contributed by atoms with van der Waals surface area (Å²) in [6.45, 7) is 4.92. The summed E-state index contributed by atoms with van der Waals surface area (Å²) in [5, 5.41) is 3.53. The second-order valence-electron chi connectivity index (χ2n) is 5.74. The van der Waals surface area contributed by atoms with Crippen molar-refractivity contribution in [1.82, 2.24) is 5.32 Å². The zero-order valence-corrected chi connectivity index (χ0v) is 11.2. The average Bonchev–Trinajstić information content (AvgIpc) is 2.94. The first-order chi connectivity index (χ1) is 8.93. The van der Waals surface area contributed by atoms with Gasteiger partial charge in [0, 0.05) is 18.8 Å². The van der Waals surface area contributed by atoms with Gasteiger partial charge in [-0.25, -0.2) is 0 Å². The fourth-order valence-electron chi connectivity index (χ4n) is 3.36. The third kappa shape index (κ3) is 2.69. The third-order valence-corrected chi connectivity index (χ3v) is 4.35. The Morgan fingerprint density at radius 3 is 2.72 bits per heavy atom. The van der Waals surface area contributed by atoms with Crippen LogP contribution in [0.4, 0.5) is 5.69 Å². The average molecular weight is 244 g/mol. The van der Waals surface area contributed by atoms with Crippen molar-refractivity contribution < 1.29 is 0 Å². The molecule has 2 fully saturated rings. The monoisotopic (exact) mass is 244 g/mol. The van der Waals surface area contributed by atoms with E-state index in [1.165, 1.54) is 64.0 Å². The zero-order chi connectivity index (χ0) is 12.2. The fraction of sp³-hybridized carbons (Fsp3) is 0.625. The van der Waals surface area contributed by atoms with E-state index in [1.807, 2.05) is 0 Å². The number of para-hydroxylation sites is 1. The molecule has 0 aromatic heterocycles. The van der Waals surface area contributed by atoms with E-state index in [9.17, 15) is 0 Å². The smallest absolute Gasteiger partial charge is 0.0398 e. The van der Waals surface area contributed by atoms with Crippen LogP contribution < -0.4 is 10.2 Å². The molecule has 1 aromatic rings. The molecule has 0 saturated carbocycles. The fourth-order valence-corrected chi connectivity index (χ4v) is 3.36. The summed E-state index contributed by atoms with van der Waals surface area (Å²) < 4.78 is 0. The molecule has 2 saturated heterocycles. The molecule has 3 rings (SSSR count). The van der Waals surface area contributed by atoms with Crippen LogP contribution in [0.25, 0.3) is 0 Å². The highest BCUT2D eigenvalue weighted by atomic mass is 15.1. The van der Waals surface area contributed by atoms with E-state index in [1.54, 1.807) is 5.56 Å². The van der Waals surface area contributed by atoms with Crippen molar-refractivity contribution in [3.8, 4) is 0 Å². The van der Waals surface area contributed by atoms with Gasteiger partial charge in [-0.2, -0.15) is 0 Å². The van der Waals surface area contributed by atoms with Crippen molar-refractivity contribution in [2.75, 3.05) is 31.1 Å². The Morgan fingerprint density at radius 1 is 1.11 bits per heavy atom. The molecular weight excluding hydrogens is 220 g/mol. The maximum Gasteiger partial charge on any atom is 0.0398 e. The summed E-state index contributed by atoms with van der Waals surface area (Å²) in [4.78, 5) is 2.57. The van der Waals surface area contributed by atoms with Gasteiger partial charge >= 0.3 is 0 Å². The Balaban J connectivity index is 1.73. The second kappa shape index (κ2) is 5.75. The molecule has 0 bridgehead atoms. The van der Waals surface area contributed by atoms with Gasteiger partial charge in [0.15, 0.2) is 0 Å². The molecule has 2 heterocycles. The van der Waals surface area contributed by atoms with Crippen molar-refractivity contribution in [3.63, 3.8) is 0 Å². The number of piperidine rings is 1. The Hall–Kier alpha value is -1.02. The molecule has 0 radical (unpaired) electrons. The van der Waals surface area contributed by atoms with Crippen molar-refractivity contribution in [1.29, 1.82) is 0 Å². The van der Waals surface area contributed by atoms with Crippen LogP contribution in [0.5, 0.6) is 0 Å². The van der Waals surface area contributed by atoms with Crippen LogP contribution in [0.1, 0.15) is 31.2 Å². The standard InChI is InChI=1S/C16H24N2/c1-2-8-16(18-10-3-4-11-18)15(7-1)12-14-6-5-9-17-13-14/h1-2,7-8,14,17H,3-6,9-13H2. The number of hydrogen-bond acceptors (Lipinski definition) is 2. The molecular formula is C16H24N2. The lowest BCUT2D eigenvalue weighted by molar-refractivity contribution is 0.376. The molecule has 0 aliphatic carbocycles. The molecule has 2 heteroatoms. The van der Waals surface area contributed by atoms with Crippen LogP contribution in [0.3, 0.4) is 0 Å². The van der Waals surface area contributed by atoms with Crippen LogP contribution in [0.2, 0.25) is 0 Å². The lowest BCUT2D eigenvalue weighted by atomic mass is 9.91. The van der Waals surface area contributed by atoms with Gasteiger partial charge in [-0.3, -0.25) is 0 Å². The molecule has 98 valence electrons. The van der Waals surface area contributed by atoms with Crippen molar-refractivity contribution >= 4 is 5.69 Å². The van der Waals surface area contributed by atoms with Gasteiger partial charge in [0.25, 0.3) is 0 Å². The van der Waals surface area contributed by atoms with E-state index < -0.39 is 0 Å². The maximum atomic E-state index is 3.53. The Kier molecular flexibility index (Phi) is 3.84. The highest BCUT2D eigenvalue weighted by Gasteiger charge is 2.19. The molecule has 2 aliphatic heterocycles. The van der Waals surface area contributed by atoms with Crippen LogP contribution in [0.15, 0.2) is 24.3 Å². The Bertz CT molecular complexity index is 376. The maximum absolute atomic E-state index is 3.53. The van der Waals surface area contributed by atoms with Gasteiger partial charge in [0.1, 0.15) is 0 Å². The predicted octanol–water partition coefficient (Wildman–Crippen LogP) is 2.83. The first-order valence-corrected chi connectivity index (χ1v) is 7.47. The van der Waals surface area contributed by atoms with Gasteiger partial charge < -0.3 is 10.2 Å². The number of nitrogens with zero attached hydrogens (tertiary/aromatic N) is 1. The number of rotatable bonds is 3. The van der Waals surface area contributed by atoms with Gasteiger partial charge in [0.2, 0.25) is 0 Å². The van der Waals surface area contributed by atoms with E-state index in [0.29, 0.717) is 0 Å². The summed E-state index contributed by atoms with van der Waals surface area (Å²) >= 11 is 0. The summed E-state index contributed by atoms with van der Waals surface area (Å²) in [6, 6.07) is 9.04. The summed E-state index contributed by atoms with van der Waals surface area (Å²) in [5.41, 5.74) is 3.06. The minimum atomic E-state index is 0.836. The number of nitrogens with one attached hydrogen (secondary N) is 1. The lowest BCUT2D eigenvalue weighted by Gasteiger charge is -2.26. The predicted molar refractivity (Wildman–Crippen MR) is 77.2 cm³/mol. The van der Waals surface area contributed by atoms with E-state index in [-0.39, 0.29) is 0 Å². The molecule has 1 atom stereocenters. The number of anilines is 1. The first-order valence-electron chi connectivity index (χ1n) is 7.47. The first kappa shape index (κ1) is 12.0. The third-order valence-electron chi connectivity index (χ3n) is 4.35. The van der Waals surface area contributed by atoms with Gasteiger partial charge in [-0.1, -0.05) is 18.2 Å². The minimum absolute atomic E-state index is 0.836. The van der Waals surface area contributed by atoms with Gasteiger partial charge in [0.05, 0.1) is 0 Å². The molecule has 1 aromatic carbocycles. The van der Waals surface area contributed by atoms with Crippen molar-refractivity contribution in [2.45, 2.75) is 32.1 Å². The van der Waals surface area contributed by atoms with Gasteiger partial charge in [-0.05, 0) is 62.7 Å². The molecule has 0 amide bonds. The van der Waals surface area contributed by atoms with Crippen molar-refractivity contribution in [3.05, 3.63) is 29.8 Å². The molecule has 0 spiro atoms. The zero-order valence-electron chi connectivity index (χ0n) is 11.2. The highest BCUT2D eigenvalue weighted by Crippen LogP contribution is 2.27. The molecule has 1 N–H and O–H groups in total. The lowest BCUT2D eigenvalue weighted by Crippen LogP contribution is -2.31. The van der Waals surface area contributed by atoms with Crippen LogP contribution in [-0.2, 0) is 6.42 Å². The minimum Gasteiger partial charge on any atom is -0.371 e. The van der Waals surface area contributed by atoms with E-state index in [0.717, 1.165) is 5.92 Å². The quantitative estimate of drug-likeness (QED) is 0.879. The normalized spacial score (nSPS) is 24.4. The van der Waals surface area contributed by atoms with E-state index in [2.05, 4.69) is 34.5 Å².